The highest BCUT2D eigenvalue weighted by molar-refractivity contribution is 14.0. The normalized spacial score (nSPS) is 16.3. The molecule has 0 aromatic heterocycles. The monoisotopic (exact) mass is 544 g/mol. The van der Waals surface area contributed by atoms with E-state index in [1.165, 1.54) is 0 Å². The highest BCUT2D eigenvalue weighted by atomic mass is 127. The summed E-state index contributed by atoms with van der Waals surface area (Å²) in [5.74, 6) is 0.553. The van der Waals surface area contributed by atoms with Crippen molar-refractivity contribution in [3.8, 4) is 0 Å². The topological polar surface area (TPSA) is 83.0 Å². The Bertz CT molecular complexity index is 709. The van der Waals surface area contributed by atoms with Crippen LogP contribution >= 0.6 is 24.0 Å². The number of ether oxygens (including phenoxy) is 1. The molecule has 2 rings (SSSR count). The van der Waals surface area contributed by atoms with E-state index in [0.717, 1.165) is 50.3 Å². The molecule has 0 saturated carbocycles. The fraction of sp³-hybridized carbons (Fsp3) is 0.609. The highest BCUT2D eigenvalue weighted by Gasteiger charge is 2.28. The Morgan fingerprint density at radius 1 is 1.16 bits per heavy atom. The Morgan fingerprint density at radius 2 is 1.90 bits per heavy atom. The van der Waals surface area contributed by atoms with E-state index < -0.39 is 0 Å². The molecule has 1 aliphatic heterocycles. The summed E-state index contributed by atoms with van der Waals surface area (Å²) in [6, 6.07) is 7.58. The van der Waals surface area contributed by atoms with Crippen LogP contribution in [0.4, 0.5) is 0 Å². The van der Waals surface area contributed by atoms with Gasteiger partial charge in [0.25, 0.3) is 5.91 Å². The predicted molar refractivity (Wildman–Crippen MR) is 135 cm³/mol. The summed E-state index contributed by atoms with van der Waals surface area (Å²) in [4.78, 5) is 31.2. The van der Waals surface area contributed by atoms with E-state index in [0.29, 0.717) is 31.8 Å². The third-order valence-corrected chi connectivity index (χ3v) is 5.12. The van der Waals surface area contributed by atoms with Gasteiger partial charge in [-0.1, -0.05) is 25.5 Å². The largest absolute Gasteiger partial charge is 0.466 e. The van der Waals surface area contributed by atoms with Crippen LogP contribution in [0.1, 0.15) is 62.4 Å². The lowest BCUT2D eigenvalue weighted by molar-refractivity contribution is -0.149. The van der Waals surface area contributed by atoms with Gasteiger partial charge in [0.1, 0.15) is 0 Å². The van der Waals surface area contributed by atoms with E-state index in [1.807, 2.05) is 38.1 Å². The van der Waals surface area contributed by atoms with Gasteiger partial charge < -0.3 is 20.3 Å². The maximum Gasteiger partial charge on any atom is 0.310 e. The first-order chi connectivity index (χ1) is 14.6. The van der Waals surface area contributed by atoms with Gasteiger partial charge in [-0.25, -0.2) is 4.99 Å². The number of rotatable bonds is 9. The number of nitrogens with one attached hydrogen (secondary N) is 2. The summed E-state index contributed by atoms with van der Waals surface area (Å²) in [5, 5.41) is 6.26. The number of likely N-dealkylation sites (tertiary alicyclic amines) is 1. The van der Waals surface area contributed by atoms with E-state index in [9.17, 15) is 9.59 Å². The van der Waals surface area contributed by atoms with Crippen LogP contribution in [0, 0.1) is 5.92 Å². The van der Waals surface area contributed by atoms with E-state index in [4.69, 9.17) is 9.73 Å². The van der Waals surface area contributed by atoms with Crippen molar-refractivity contribution in [2.45, 2.75) is 53.0 Å². The Balaban J connectivity index is 0.00000480. The molecule has 7 nitrogen and oxygen atoms in total. The number of amides is 1. The lowest BCUT2D eigenvalue weighted by Crippen LogP contribution is -2.48. The number of piperidine rings is 1. The average molecular weight is 544 g/mol. The minimum absolute atomic E-state index is 0. The van der Waals surface area contributed by atoms with Gasteiger partial charge in [0.2, 0.25) is 0 Å². The maximum atomic E-state index is 12.1. The molecule has 1 atom stereocenters. The van der Waals surface area contributed by atoms with Crippen LogP contribution in [0.3, 0.4) is 0 Å². The van der Waals surface area contributed by atoms with Crippen LogP contribution in [-0.4, -0.2) is 55.5 Å². The Hall–Kier alpha value is -1.84. The van der Waals surface area contributed by atoms with Crippen LogP contribution in [0.15, 0.2) is 29.3 Å². The zero-order chi connectivity index (χ0) is 21.8. The predicted octanol–water partition coefficient (Wildman–Crippen LogP) is 3.58. The van der Waals surface area contributed by atoms with Crippen molar-refractivity contribution < 1.29 is 14.3 Å². The summed E-state index contributed by atoms with van der Waals surface area (Å²) in [6.07, 6.45) is 3.84. The van der Waals surface area contributed by atoms with Gasteiger partial charge in [-0.05, 0) is 50.8 Å². The van der Waals surface area contributed by atoms with Crippen LogP contribution in [0.2, 0.25) is 0 Å². The third kappa shape index (κ3) is 9.04. The first-order valence-corrected chi connectivity index (χ1v) is 11.2. The summed E-state index contributed by atoms with van der Waals surface area (Å²) < 4.78 is 5.20. The van der Waals surface area contributed by atoms with Crippen LogP contribution in [-0.2, 0) is 16.1 Å². The second-order valence-corrected chi connectivity index (χ2v) is 7.51. The van der Waals surface area contributed by atoms with Gasteiger partial charge in [0.05, 0.1) is 19.1 Å². The Kier molecular flexibility index (Phi) is 13.2. The van der Waals surface area contributed by atoms with Crippen molar-refractivity contribution in [2.24, 2.45) is 10.9 Å². The number of aliphatic imine (C=N–C) groups is 1. The maximum absolute atomic E-state index is 12.1. The minimum Gasteiger partial charge on any atom is -0.466 e. The molecular formula is C23H37IN4O3. The molecule has 0 spiro atoms. The summed E-state index contributed by atoms with van der Waals surface area (Å²) >= 11 is 0. The minimum atomic E-state index is -0.120. The number of benzene rings is 1. The lowest BCUT2D eigenvalue weighted by atomic mass is 9.98. The van der Waals surface area contributed by atoms with Gasteiger partial charge in [-0.2, -0.15) is 0 Å². The SMILES string of the molecule is CCCCNC(=O)c1ccc(CN=C(NCC)N2CCCC(C(=O)OCC)C2)cc1.I. The zero-order valence-corrected chi connectivity index (χ0v) is 21.3. The number of esters is 1. The van der Waals surface area contributed by atoms with Crippen LogP contribution in [0.5, 0.6) is 0 Å². The molecule has 1 saturated heterocycles. The Labute approximate surface area is 203 Å². The highest BCUT2D eigenvalue weighted by Crippen LogP contribution is 2.18. The lowest BCUT2D eigenvalue weighted by Gasteiger charge is -2.34. The molecule has 0 bridgehead atoms. The van der Waals surface area contributed by atoms with Crippen LogP contribution < -0.4 is 10.6 Å². The molecule has 1 unspecified atom stereocenters. The molecule has 0 radical (unpaired) electrons. The number of hydrogen-bond donors (Lipinski definition) is 2. The van der Waals surface area contributed by atoms with E-state index in [-0.39, 0.29) is 41.8 Å². The molecule has 1 amide bonds. The standard InChI is InChI=1S/C23H36N4O3.HI/c1-4-7-14-25-21(28)19-12-10-18(11-13-19)16-26-23(24-5-2)27-15-8-9-20(17-27)22(29)30-6-3;/h10-13,20H,4-9,14-17H2,1-3H3,(H,24,26)(H,25,28);1H. The van der Waals surface area contributed by atoms with E-state index >= 15 is 0 Å². The molecule has 1 heterocycles. The van der Waals surface area contributed by atoms with Gasteiger partial charge in [0, 0.05) is 31.7 Å². The molecule has 1 aromatic carbocycles. The first-order valence-electron chi connectivity index (χ1n) is 11.2. The van der Waals surface area contributed by atoms with Crippen LogP contribution in [0.25, 0.3) is 0 Å². The number of guanidine groups is 1. The number of nitrogens with zero attached hydrogens (tertiary/aromatic N) is 2. The van der Waals surface area contributed by atoms with Gasteiger partial charge in [0.15, 0.2) is 5.96 Å². The van der Waals surface area contributed by atoms with Crippen molar-refractivity contribution in [3.05, 3.63) is 35.4 Å². The average Bonchev–Trinajstić information content (AvgIpc) is 2.77. The summed E-state index contributed by atoms with van der Waals surface area (Å²) in [5.41, 5.74) is 1.70. The van der Waals surface area contributed by atoms with Gasteiger partial charge in [-0.15, -0.1) is 24.0 Å². The quantitative estimate of drug-likeness (QED) is 0.163. The zero-order valence-electron chi connectivity index (χ0n) is 19.0. The molecule has 1 fully saturated rings. The number of carbonyl (C=O) groups excluding carboxylic acids is 2. The fourth-order valence-electron chi connectivity index (χ4n) is 3.46. The summed E-state index contributed by atoms with van der Waals surface area (Å²) in [6.45, 7) is 9.87. The second kappa shape index (κ2) is 15.0. The van der Waals surface area contributed by atoms with Crippen molar-refractivity contribution in [3.63, 3.8) is 0 Å². The molecule has 1 aromatic rings. The van der Waals surface area contributed by atoms with Crippen molar-refractivity contribution >= 4 is 41.8 Å². The van der Waals surface area contributed by atoms with Gasteiger partial charge >= 0.3 is 5.97 Å². The first kappa shape index (κ1) is 27.2. The number of halogens is 1. The molecule has 174 valence electrons. The number of unbranched alkanes of at least 4 members (excludes halogenated alkanes) is 1. The van der Waals surface area contributed by atoms with Gasteiger partial charge in [-0.3, -0.25) is 9.59 Å². The third-order valence-electron chi connectivity index (χ3n) is 5.12. The molecule has 2 N–H and O–H groups in total. The van der Waals surface area contributed by atoms with E-state index in [2.05, 4.69) is 22.5 Å². The van der Waals surface area contributed by atoms with E-state index in [1.54, 1.807) is 0 Å². The number of hydrogen-bond acceptors (Lipinski definition) is 4. The van der Waals surface area contributed by atoms with Crippen molar-refractivity contribution in [1.29, 1.82) is 0 Å². The Morgan fingerprint density at radius 3 is 2.55 bits per heavy atom. The molecule has 1 aliphatic rings. The van der Waals surface area contributed by atoms with Crippen molar-refractivity contribution in [1.82, 2.24) is 15.5 Å². The molecule has 8 heteroatoms. The number of carbonyl (C=O) groups is 2. The molecule has 31 heavy (non-hydrogen) atoms. The fourth-order valence-corrected chi connectivity index (χ4v) is 3.46. The summed E-state index contributed by atoms with van der Waals surface area (Å²) in [7, 11) is 0. The second-order valence-electron chi connectivity index (χ2n) is 7.51. The molecular weight excluding hydrogens is 507 g/mol. The smallest absolute Gasteiger partial charge is 0.310 e. The van der Waals surface area contributed by atoms with Crippen molar-refractivity contribution in [2.75, 3.05) is 32.8 Å². The molecule has 0 aliphatic carbocycles.